The highest BCUT2D eigenvalue weighted by Crippen LogP contribution is 2.09. The molecule has 2 rings (SSSR count). The van der Waals surface area contributed by atoms with E-state index in [0.29, 0.717) is 12.1 Å². The van der Waals surface area contributed by atoms with Crippen molar-refractivity contribution in [2.75, 3.05) is 18.0 Å². The van der Waals surface area contributed by atoms with E-state index < -0.39 is 0 Å². The van der Waals surface area contributed by atoms with Crippen molar-refractivity contribution in [1.29, 1.82) is 5.26 Å². The number of benzene rings is 1. The molecule has 0 fully saturated rings. The summed E-state index contributed by atoms with van der Waals surface area (Å²) in [7, 11) is 0. The van der Waals surface area contributed by atoms with Gasteiger partial charge >= 0.3 is 0 Å². The molecule has 108 valence electrons. The molecule has 0 saturated carbocycles. The Kier molecular flexibility index (Phi) is 4.72. The lowest BCUT2D eigenvalue weighted by molar-refractivity contribution is 0.636. The van der Waals surface area contributed by atoms with Gasteiger partial charge in [-0.3, -0.25) is 4.79 Å². The minimum atomic E-state index is -0.122. The summed E-state index contributed by atoms with van der Waals surface area (Å²) >= 11 is 0. The number of anilines is 1. The summed E-state index contributed by atoms with van der Waals surface area (Å²) in [6, 6.07) is 10.8. The van der Waals surface area contributed by atoms with E-state index in [2.05, 4.69) is 16.1 Å². The van der Waals surface area contributed by atoms with Crippen molar-refractivity contribution in [3.8, 4) is 6.07 Å². The fourth-order valence-electron chi connectivity index (χ4n) is 2.16. The third-order valence-corrected chi connectivity index (χ3v) is 3.40. The SMILES string of the molecule is CCN(CC)c1cnn(Cc2ccc(C#N)cc2)c(=O)c1. The van der Waals surface area contributed by atoms with Crippen molar-refractivity contribution in [2.45, 2.75) is 20.4 Å². The maximum absolute atomic E-state index is 12.1. The molecule has 0 N–H and O–H groups in total. The van der Waals surface area contributed by atoms with Crippen LogP contribution in [0.1, 0.15) is 25.0 Å². The topological polar surface area (TPSA) is 61.9 Å². The molecule has 0 aliphatic rings. The highest BCUT2D eigenvalue weighted by molar-refractivity contribution is 5.42. The first-order chi connectivity index (χ1) is 10.2. The van der Waals surface area contributed by atoms with Crippen LogP contribution < -0.4 is 10.5 Å². The van der Waals surface area contributed by atoms with Crippen molar-refractivity contribution >= 4 is 5.69 Å². The fourth-order valence-corrected chi connectivity index (χ4v) is 2.16. The summed E-state index contributed by atoms with van der Waals surface area (Å²) in [6.45, 7) is 6.19. The second kappa shape index (κ2) is 6.71. The molecule has 0 unspecified atom stereocenters. The zero-order valence-corrected chi connectivity index (χ0v) is 12.3. The van der Waals surface area contributed by atoms with Gasteiger partial charge in [-0.1, -0.05) is 12.1 Å². The Balaban J connectivity index is 2.21. The molecule has 5 nitrogen and oxygen atoms in total. The maximum atomic E-state index is 12.1. The van der Waals surface area contributed by atoms with E-state index in [0.717, 1.165) is 24.3 Å². The number of aromatic nitrogens is 2. The fraction of sp³-hybridized carbons (Fsp3) is 0.312. The second-order valence-corrected chi connectivity index (χ2v) is 4.69. The first kappa shape index (κ1) is 14.8. The Morgan fingerprint density at radius 2 is 1.90 bits per heavy atom. The molecule has 0 bridgehead atoms. The average molecular weight is 282 g/mol. The van der Waals surface area contributed by atoms with Crippen LogP contribution in [0.4, 0.5) is 5.69 Å². The summed E-state index contributed by atoms with van der Waals surface area (Å²) in [5, 5.41) is 13.0. The van der Waals surface area contributed by atoms with Crippen LogP contribution in [0.5, 0.6) is 0 Å². The molecule has 21 heavy (non-hydrogen) atoms. The van der Waals surface area contributed by atoms with Crippen molar-refractivity contribution < 1.29 is 0 Å². The van der Waals surface area contributed by atoms with Crippen molar-refractivity contribution in [3.63, 3.8) is 0 Å². The predicted molar refractivity (Wildman–Crippen MR) is 82.3 cm³/mol. The summed E-state index contributed by atoms with van der Waals surface area (Å²) in [5.74, 6) is 0. The zero-order valence-electron chi connectivity index (χ0n) is 12.3. The summed E-state index contributed by atoms with van der Waals surface area (Å²) in [4.78, 5) is 14.2. The number of nitrogens with zero attached hydrogens (tertiary/aromatic N) is 4. The van der Waals surface area contributed by atoms with Gasteiger partial charge in [-0.15, -0.1) is 0 Å². The van der Waals surface area contributed by atoms with Crippen LogP contribution in [0.3, 0.4) is 0 Å². The molecular formula is C16H18N4O. The van der Waals surface area contributed by atoms with Gasteiger partial charge in [0.2, 0.25) is 0 Å². The van der Waals surface area contributed by atoms with E-state index in [1.54, 1.807) is 24.4 Å². The largest absolute Gasteiger partial charge is 0.371 e. The van der Waals surface area contributed by atoms with E-state index in [1.807, 2.05) is 26.0 Å². The zero-order chi connectivity index (χ0) is 15.2. The van der Waals surface area contributed by atoms with Crippen molar-refractivity contribution in [3.05, 3.63) is 58.0 Å². The normalized spacial score (nSPS) is 10.1. The van der Waals surface area contributed by atoms with Crippen LogP contribution in [0.25, 0.3) is 0 Å². The predicted octanol–water partition coefficient (Wildman–Crippen LogP) is 2.01. The van der Waals surface area contributed by atoms with Crippen molar-refractivity contribution in [1.82, 2.24) is 9.78 Å². The summed E-state index contributed by atoms with van der Waals surface area (Å²) < 4.78 is 1.42. The highest BCUT2D eigenvalue weighted by Gasteiger charge is 2.06. The third kappa shape index (κ3) is 3.48. The molecular weight excluding hydrogens is 264 g/mol. The molecule has 0 atom stereocenters. The van der Waals surface area contributed by atoms with Gasteiger partial charge < -0.3 is 4.90 Å². The van der Waals surface area contributed by atoms with E-state index in [1.165, 1.54) is 4.68 Å². The number of rotatable bonds is 5. The molecule has 1 aromatic carbocycles. The molecule has 2 aromatic rings. The molecule has 0 radical (unpaired) electrons. The Morgan fingerprint density at radius 3 is 2.43 bits per heavy atom. The maximum Gasteiger partial charge on any atom is 0.269 e. The van der Waals surface area contributed by atoms with Gasteiger partial charge in [0.1, 0.15) is 0 Å². The summed E-state index contributed by atoms with van der Waals surface area (Å²) in [5.41, 5.74) is 2.28. The van der Waals surface area contributed by atoms with Crippen LogP contribution in [0.15, 0.2) is 41.3 Å². The summed E-state index contributed by atoms with van der Waals surface area (Å²) in [6.07, 6.45) is 1.72. The first-order valence-corrected chi connectivity index (χ1v) is 6.99. The smallest absolute Gasteiger partial charge is 0.269 e. The van der Waals surface area contributed by atoms with Gasteiger partial charge in [0, 0.05) is 19.2 Å². The average Bonchev–Trinajstić information content (AvgIpc) is 2.52. The molecule has 0 spiro atoms. The standard InChI is InChI=1S/C16H18N4O/c1-3-19(4-2)15-9-16(21)20(18-11-15)12-14-7-5-13(10-17)6-8-14/h5-9,11H,3-4,12H2,1-2H3. The minimum absolute atomic E-state index is 0.122. The molecule has 5 heteroatoms. The van der Waals surface area contributed by atoms with E-state index in [4.69, 9.17) is 5.26 Å². The molecule has 1 heterocycles. The lowest BCUT2D eigenvalue weighted by Gasteiger charge is -2.20. The molecule has 0 aliphatic heterocycles. The van der Waals surface area contributed by atoms with Crippen LogP contribution in [0.2, 0.25) is 0 Å². The van der Waals surface area contributed by atoms with Crippen LogP contribution >= 0.6 is 0 Å². The molecule has 1 aromatic heterocycles. The molecule has 0 aliphatic carbocycles. The quantitative estimate of drug-likeness (QED) is 0.841. The second-order valence-electron chi connectivity index (χ2n) is 4.69. The van der Waals surface area contributed by atoms with E-state index in [9.17, 15) is 4.79 Å². The van der Waals surface area contributed by atoms with Crippen LogP contribution in [-0.2, 0) is 6.54 Å². The van der Waals surface area contributed by atoms with Gasteiger partial charge in [-0.25, -0.2) is 4.68 Å². The van der Waals surface area contributed by atoms with Gasteiger partial charge in [0.05, 0.1) is 30.1 Å². The lowest BCUT2D eigenvalue weighted by atomic mass is 10.1. The third-order valence-electron chi connectivity index (χ3n) is 3.40. The van der Waals surface area contributed by atoms with E-state index in [-0.39, 0.29) is 5.56 Å². The van der Waals surface area contributed by atoms with E-state index >= 15 is 0 Å². The number of nitriles is 1. The van der Waals surface area contributed by atoms with Crippen molar-refractivity contribution in [2.24, 2.45) is 0 Å². The van der Waals surface area contributed by atoms with Gasteiger partial charge in [-0.2, -0.15) is 10.4 Å². The number of hydrogen-bond donors (Lipinski definition) is 0. The van der Waals surface area contributed by atoms with Gasteiger partial charge in [-0.05, 0) is 31.5 Å². The number of hydrogen-bond acceptors (Lipinski definition) is 4. The first-order valence-electron chi connectivity index (χ1n) is 6.99. The minimum Gasteiger partial charge on any atom is -0.371 e. The Hall–Kier alpha value is -2.61. The van der Waals surface area contributed by atoms with Crippen LogP contribution in [-0.4, -0.2) is 22.9 Å². The molecule has 0 saturated heterocycles. The lowest BCUT2D eigenvalue weighted by Crippen LogP contribution is -2.28. The van der Waals surface area contributed by atoms with Gasteiger partial charge in [0.15, 0.2) is 0 Å². The Labute approximate surface area is 124 Å². The molecule has 0 amide bonds. The monoisotopic (exact) mass is 282 g/mol. The Bertz CT molecular complexity index is 693. The Morgan fingerprint density at radius 1 is 1.24 bits per heavy atom. The highest BCUT2D eigenvalue weighted by atomic mass is 16.1. The van der Waals surface area contributed by atoms with Gasteiger partial charge in [0.25, 0.3) is 5.56 Å². The van der Waals surface area contributed by atoms with Crippen LogP contribution in [0, 0.1) is 11.3 Å².